The number of aromatic nitrogens is 1. The maximum atomic E-state index is 13.4. The summed E-state index contributed by atoms with van der Waals surface area (Å²) in [7, 11) is 0. The van der Waals surface area contributed by atoms with Crippen molar-refractivity contribution in [3.8, 4) is 11.3 Å². The standard InChI is InChI=1S/C14H16ClFN2O/c1-9(2)6-17-8-13-18-7-12(19-13)10-4-3-5-11(16)14(10)15/h3-5,7,9,17H,6,8H2,1-2H3. The molecule has 0 saturated carbocycles. The number of halogens is 2. The molecular weight excluding hydrogens is 267 g/mol. The summed E-state index contributed by atoms with van der Waals surface area (Å²) in [5.41, 5.74) is 0.518. The van der Waals surface area contributed by atoms with Crippen molar-refractivity contribution in [2.45, 2.75) is 20.4 Å². The summed E-state index contributed by atoms with van der Waals surface area (Å²) in [6.07, 6.45) is 1.56. The summed E-state index contributed by atoms with van der Waals surface area (Å²) in [5.74, 6) is 1.14. The van der Waals surface area contributed by atoms with Crippen LogP contribution in [0.3, 0.4) is 0 Å². The van der Waals surface area contributed by atoms with Crippen LogP contribution >= 0.6 is 11.6 Å². The van der Waals surface area contributed by atoms with E-state index in [9.17, 15) is 4.39 Å². The SMILES string of the molecule is CC(C)CNCc1ncc(-c2cccc(F)c2Cl)o1. The molecule has 0 fully saturated rings. The average molecular weight is 283 g/mol. The van der Waals surface area contributed by atoms with Gasteiger partial charge in [0.2, 0.25) is 5.89 Å². The molecule has 0 radical (unpaired) electrons. The van der Waals surface area contributed by atoms with E-state index in [-0.39, 0.29) is 5.02 Å². The van der Waals surface area contributed by atoms with Gasteiger partial charge in [0.1, 0.15) is 5.82 Å². The zero-order valence-corrected chi connectivity index (χ0v) is 11.7. The van der Waals surface area contributed by atoms with Crippen molar-refractivity contribution in [1.82, 2.24) is 10.3 Å². The van der Waals surface area contributed by atoms with Crippen LogP contribution in [0.2, 0.25) is 5.02 Å². The summed E-state index contributed by atoms with van der Waals surface area (Å²) in [6, 6.07) is 4.61. The van der Waals surface area contributed by atoms with Gasteiger partial charge in [-0.2, -0.15) is 0 Å². The number of rotatable bonds is 5. The van der Waals surface area contributed by atoms with Crippen molar-refractivity contribution >= 4 is 11.6 Å². The fourth-order valence-corrected chi connectivity index (χ4v) is 1.90. The lowest BCUT2D eigenvalue weighted by atomic mass is 10.2. The van der Waals surface area contributed by atoms with Gasteiger partial charge in [-0.25, -0.2) is 9.37 Å². The Balaban J connectivity index is 2.10. The molecule has 0 bridgehead atoms. The van der Waals surface area contributed by atoms with Gasteiger partial charge < -0.3 is 9.73 Å². The van der Waals surface area contributed by atoms with Gasteiger partial charge in [-0.1, -0.05) is 31.5 Å². The molecule has 1 heterocycles. The van der Waals surface area contributed by atoms with Crippen LogP contribution in [-0.4, -0.2) is 11.5 Å². The molecule has 0 aliphatic rings. The zero-order valence-electron chi connectivity index (χ0n) is 10.9. The number of benzene rings is 1. The summed E-state index contributed by atoms with van der Waals surface area (Å²) in [4.78, 5) is 4.15. The highest BCUT2D eigenvalue weighted by molar-refractivity contribution is 6.33. The minimum absolute atomic E-state index is 0.0559. The van der Waals surface area contributed by atoms with Gasteiger partial charge in [0, 0.05) is 5.56 Å². The summed E-state index contributed by atoms with van der Waals surface area (Å²) in [5, 5.41) is 3.28. The second kappa shape index (κ2) is 6.17. The highest BCUT2D eigenvalue weighted by atomic mass is 35.5. The minimum Gasteiger partial charge on any atom is -0.439 e. The third kappa shape index (κ3) is 3.55. The molecule has 0 spiro atoms. The minimum atomic E-state index is -0.463. The predicted molar refractivity (Wildman–Crippen MR) is 73.5 cm³/mol. The molecule has 3 nitrogen and oxygen atoms in total. The van der Waals surface area contributed by atoms with Crippen LogP contribution in [0, 0.1) is 11.7 Å². The van der Waals surface area contributed by atoms with Crippen LogP contribution in [0.5, 0.6) is 0 Å². The quantitative estimate of drug-likeness (QED) is 0.904. The largest absolute Gasteiger partial charge is 0.439 e. The number of oxazole rings is 1. The first-order chi connectivity index (χ1) is 9.08. The topological polar surface area (TPSA) is 38.1 Å². The van der Waals surface area contributed by atoms with Gasteiger partial charge in [0.25, 0.3) is 0 Å². The molecule has 1 aromatic heterocycles. The highest BCUT2D eigenvalue weighted by Crippen LogP contribution is 2.30. The molecule has 0 aliphatic heterocycles. The Morgan fingerprint density at radius 1 is 1.42 bits per heavy atom. The van der Waals surface area contributed by atoms with Crippen molar-refractivity contribution in [2.24, 2.45) is 5.92 Å². The van der Waals surface area contributed by atoms with Gasteiger partial charge in [0.15, 0.2) is 5.76 Å². The fraction of sp³-hybridized carbons (Fsp3) is 0.357. The Hall–Kier alpha value is -1.39. The van der Waals surface area contributed by atoms with Crippen molar-refractivity contribution in [2.75, 3.05) is 6.54 Å². The predicted octanol–water partition coefficient (Wildman–Crippen LogP) is 3.88. The first kappa shape index (κ1) is 14.0. The fourth-order valence-electron chi connectivity index (χ4n) is 1.68. The first-order valence-electron chi connectivity index (χ1n) is 6.17. The molecule has 0 saturated heterocycles. The van der Waals surface area contributed by atoms with Crippen LogP contribution in [0.25, 0.3) is 11.3 Å². The number of nitrogens with zero attached hydrogens (tertiary/aromatic N) is 1. The van der Waals surface area contributed by atoms with Crippen LogP contribution in [0.1, 0.15) is 19.7 Å². The van der Waals surface area contributed by atoms with Gasteiger partial charge >= 0.3 is 0 Å². The Kier molecular flexibility index (Phi) is 4.56. The molecule has 5 heteroatoms. The second-order valence-corrected chi connectivity index (χ2v) is 5.12. The maximum Gasteiger partial charge on any atom is 0.208 e. The number of hydrogen-bond donors (Lipinski definition) is 1. The lowest BCUT2D eigenvalue weighted by Crippen LogP contribution is -2.18. The van der Waals surface area contributed by atoms with E-state index in [0.717, 1.165) is 6.54 Å². The Morgan fingerprint density at radius 2 is 2.21 bits per heavy atom. The van der Waals surface area contributed by atoms with Crippen LogP contribution in [0.4, 0.5) is 4.39 Å². The van der Waals surface area contributed by atoms with Crippen LogP contribution in [-0.2, 0) is 6.54 Å². The van der Waals surface area contributed by atoms with E-state index >= 15 is 0 Å². The van der Waals surface area contributed by atoms with E-state index in [2.05, 4.69) is 24.1 Å². The molecule has 1 N–H and O–H groups in total. The lowest BCUT2D eigenvalue weighted by Gasteiger charge is -2.04. The zero-order chi connectivity index (χ0) is 13.8. The number of nitrogens with one attached hydrogen (secondary N) is 1. The molecule has 2 aromatic rings. The first-order valence-corrected chi connectivity index (χ1v) is 6.55. The molecule has 0 atom stereocenters. The Morgan fingerprint density at radius 3 is 2.95 bits per heavy atom. The highest BCUT2D eigenvalue weighted by Gasteiger charge is 2.12. The molecule has 2 rings (SSSR count). The second-order valence-electron chi connectivity index (χ2n) is 4.74. The lowest BCUT2D eigenvalue weighted by molar-refractivity contribution is 0.459. The monoisotopic (exact) mass is 282 g/mol. The van der Waals surface area contributed by atoms with Gasteiger partial charge in [-0.3, -0.25) is 0 Å². The van der Waals surface area contributed by atoms with Gasteiger partial charge in [-0.05, 0) is 24.6 Å². The normalized spacial score (nSPS) is 11.2. The molecular formula is C14H16ClFN2O. The average Bonchev–Trinajstić information content (AvgIpc) is 2.81. The number of hydrogen-bond acceptors (Lipinski definition) is 3. The molecule has 102 valence electrons. The van der Waals surface area contributed by atoms with Crippen molar-refractivity contribution in [1.29, 1.82) is 0 Å². The third-order valence-electron chi connectivity index (χ3n) is 2.60. The van der Waals surface area contributed by atoms with E-state index in [0.29, 0.717) is 29.7 Å². The van der Waals surface area contributed by atoms with Crippen molar-refractivity contribution in [3.63, 3.8) is 0 Å². The molecule has 0 aliphatic carbocycles. The summed E-state index contributed by atoms with van der Waals surface area (Å²) >= 11 is 5.90. The molecule has 0 unspecified atom stereocenters. The van der Waals surface area contributed by atoms with E-state index < -0.39 is 5.82 Å². The van der Waals surface area contributed by atoms with E-state index in [4.69, 9.17) is 16.0 Å². The Bertz CT molecular complexity index is 554. The van der Waals surface area contributed by atoms with E-state index in [1.807, 2.05) is 0 Å². The van der Waals surface area contributed by atoms with Crippen LogP contribution in [0.15, 0.2) is 28.8 Å². The van der Waals surface area contributed by atoms with Gasteiger partial charge in [-0.15, -0.1) is 0 Å². The molecule has 19 heavy (non-hydrogen) atoms. The summed E-state index contributed by atoms with van der Waals surface area (Å²) in [6.45, 7) is 5.69. The van der Waals surface area contributed by atoms with Crippen molar-refractivity contribution in [3.05, 3.63) is 41.1 Å². The van der Waals surface area contributed by atoms with Gasteiger partial charge in [0.05, 0.1) is 17.8 Å². The van der Waals surface area contributed by atoms with E-state index in [1.165, 1.54) is 6.07 Å². The van der Waals surface area contributed by atoms with E-state index in [1.54, 1.807) is 18.3 Å². The maximum absolute atomic E-state index is 13.4. The smallest absolute Gasteiger partial charge is 0.208 e. The van der Waals surface area contributed by atoms with Crippen LogP contribution < -0.4 is 5.32 Å². The molecule has 0 amide bonds. The van der Waals surface area contributed by atoms with Crippen molar-refractivity contribution < 1.29 is 8.81 Å². The third-order valence-corrected chi connectivity index (χ3v) is 2.98. The summed E-state index contributed by atoms with van der Waals surface area (Å²) < 4.78 is 18.9. The molecule has 1 aromatic carbocycles. The Labute approximate surface area is 116 Å².